The van der Waals surface area contributed by atoms with Crippen molar-refractivity contribution in [1.29, 1.82) is 0 Å². The van der Waals surface area contributed by atoms with Crippen LogP contribution in [0.2, 0.25) is 0 Å². The van der Waals surface area contributed by atoms with Crippen molar-refractivity contribution < 1.29 is 26.7 Å². The monoisotopic (exact) mass is 244 g/mol. The molecule has 0 saturated heterocycles. The lowest BCUT2D eigenvalue weighted by Gasteiger charge is -2.29. The highest BCUT2D eigenvalue weighted by atomic mass is 19.4. The molecular formula is C10H13F5O. The molecule has 0 aromatic carbocycles. The molecule has 0 radical (unpaired) electrons. The molecule has 0 heterocycles. The highest BCUT2D eigenvalue weighted by Gasteiger charge is 2.64. The second-order valence-corrected chi connectivity index (χ2v) is 4.41. The minimum absolute atomic E-state index is 0.0340. The summed E-state index contributed by atoms with van der Waals surface area (Å²) in [5, 5.41) is 0. The Kier molecular flexibility index (Phi) is 3.59. The Hall–Kier alpha value is -0.680. The molecule has 0 amide bonds. The highest BCUT2D eigenvalue weighted by Crippen LogP contribution is 2.41. The van der Waals surface area contributed by atoms with Crippen LogP contribution in [0.15, 0.2) is 0 Å². The third-order valence-corrected chi connectivity index (χ3v) is 2.97. The van der Waals surface area contributed by atoms with Crippen LogP contribution in [0.25, 0.3) is 0 Å². The van der Waals surface area contributed by atoms with E-state index in [9.17, 15) is 26.7 Å². The lowest BCUT2D eigenvalue weighted by molar-refractivity contribution is -0.271. The Bertz CT molecular complexity index is 271. The van der Waals surface area contributed by atoms with E-state index in [0.29, 0.717) is 6.42 Å². The summed E-state index contributed by atoms with van der Waals surface area (Å²) in [4.78, 5) is 11.1. The van der Waals surface area contributed by atoms with Gasteiger partial charge in [0.05, 0.1) is 0 Å². The second kappa shape index (κ2) is 4.30. The van der Waals surface area contributed by atoms with Crippen molar-refractivity contribution in [1.82, 2.24) is 0 Å². The summed E-state index contributed by atoms with van der Waals surface area (Å²) in [6.45, 7) is 1.76. The van der Waals surface area contributed by atoms with Crippen LogP contribution >= 0.6 is 0 Å². The number of carbonyl (C=O) groups excluding carboxylic acids is 1. The third kappa shape index (κ3) is 2.52. The van der Waals surface area contributed by atoms with E-state index >= 15 is 0 Å². The van der Waals surface area contributed by atoms with E-state index in [1.165, 1.54) is 0 Å². The second-order valence-electron chi connectivity index (χ2n) is 4.41. The van der Waals surface area contributed by atoms with Crippen LogP contribution in [0, 0.1) is 11.8 Å². The Morgan fingerprint density at radius 3 is 2.12 bits per heavy atom. The summed E-state index contributed by atoms with van der Waals surface area (Å²) >= 11 is 0. The Morgan fingerprint density at radius 2 is 1.69 bits per heavy atom. The summed E-state index contributed by atoms with van der Waals surface area (Å²) in [6.07, 6.45) is -4.20. The first kappa shape index (κ1) is 13.4. The number of Topliss-reactive ketones (excluding diaryl/α,β-unsaturated/α-hetero) is 1. The maximum absolute atomic E-state index is 12.8. The van der Waals surface area contributed by atoms with Crippen molar-refractivity contribution in [3.8, 4) is 0 Å². The number of rotatable bonds is 2. The zero-order valence-electron chi connectivity index (χ0n) is 8.78. The van der Waals surface area contributed by atoms with Gasteiger partial charge in [0.1, 0.15) is 0 Å². The van der Waals surface area contributed by atoms with Gasteiger partial charge in [-0.25, -0.2) is 0 Å². The molecule has 1 aliphatic carbocycles. The van der Waals surface area contributed by atoms with Gasteiger partial charge in [0.25, 0.3) is 0 Å². The van der Waals surface area contributed by atoms with Gasteiger partial charge in [-0.1, -0.05) is 19.8 Å². The van der Waals surface area contributed by atoms with Crippen LogP contribution in [-0.4, -0.2) is 17.9 Å². The molecule has 1 rings (SSSR count). The molecular weight excluding hydrogens is 231 g/mol. The molecule has 0 bridgehead atoms. The fourth-order valence-electron chi connectivity index (χ4n) is 2.07. The van der Waals surface area contributed by atoms with Gasteiger partial charge in [-0.05, 0) is 18.8 Å². The largest absolute Gasteiger partial charge is 0.461 e. The molecule has 1 saturated carbocycles. The van der Waals surface area contributed by atoms with Gasteiger partial charge in [0.15, 0.2) is 0 Å². The van der Waals surface area contributed by atoms with Crippen LogP contribution in [0.4, 0.5) is 22.0 Å². The molecule has 94 valence electrons. The summed E-state index contributed by atoms with van der Waals surface area (Å²) in [5.41, 5.74) is 0. The van der Waals surface area contributed by atoms with E-state index in [4.69, 9.17) is 0 Å². The molecule has 2 atom stereocenters. The topological polar surface area (TPSA) is 17.1 Å². The first-order valence-electron chi connectivity index (χ1n) is 5.15. The van der Waals surface area contributed by atoms with Crippen LogP contribution in [0.3, 0.4) is 0 Å². The van der Waals surface area contributed by atoms with Crippen molar-refractivity contribution in [2.75, 3.05) is 0 Å². The number of hydrogen-bond donors (Lipinski definition) is 0. The van der Waals surface area contributed by atoms with Crippen molar-refractivity contribution in [2.24, 2.45) is 11.8 Å². The lowest BCUT2D eigenvalue weighted by Crippen LogP contribution is -2.47. The van der Waals surface area contributed by atoms with Gasteiger partial charge in [-0.15, -0.1) is 0 Å². The van der Waals surface area contributed by atoms with Crippen LogP contribution in [0.1, 0.15) is 32.6 Å². The van der Waals surface area contributed by atoms with Crippen LogP contribution in [0.5, 0.6) is 0 Å². The van der Waals surface area contributed by atoms with Crippen molar-refractivity contribution in [3.05, 3.63) is 0 Å². The SMILES string of the molecule is CC1CCCC(C(=O)C(F)(F)C(F)(F)F)C1. The highest BCUT2D eigenvalue weighted by molar-refractivity contribution is 5.88. The zero-order chi connectivity index (χ0) is 12.6. The lowest BCUT2D eigenvalue weighted by atomic mass is 9.79. The van der Waals surface area contributed by atoms with E-state index < -0.39 is 23.8 Å². The quantitative estimate of drug-likeness (QED) is 0.678. The molecule has 1 fully saturated rings. The van der Waals surface area contributed by atoms with Crippen LogP contribution < -0.4 is 0 Å². The first-order valence-corrected chi connectivity index (χ1v) is 5.15. The fraction of sp³-hybridized carbons (Fsp3) is 0.900. The van der Waals surface area contributed by atoms with Gasteiger partial charge in [0.2, 0.25) is 5.78 Å². The minimum atomic E-state index is -5.77. The minimum Gasteiger partial charge on any atom is -0.292 e. The molecule has 1 aliphatic rings. The normalized spacial score (nSPS) is 27.9. The van der Waals surface area contributed by atoms with Crippen molar-refractivity contribution >= 4 is 5.78 Å². The summed E-state index contributed by atoms with van der Waals surface area (Å²) in [5.74, 6) is -8.28. The predicted molar refractivity (Wildman–Crippen MR) is 47.1 cm³/mol. The van der Waals surface area contributed by atoms with E-state index in [1.807, 2.05) is 0 Å². The van der Waals surface area contributed by atoms with Gasteiger partial charge in [0, 0.05) is 5.92 Å². The van der Waals surface area contributed by atoms with Gasteiger partial charge in [-0.3, -0.25) is 4.79 Å². The van der Waals surface area contributed by atoms with Crippen molar-refractivity contribution in [3.63, 3.8) is 0 Å². The summed E-state index contributed by atoms with van der Waals surface area (Å²) in [7, 11) is 0. The van der Waals surface area contributed by atoms with Crippen molar-refractivity contribution in [2.45, 2.75) is 44.7 Å². The number of ketones is 1. The van der Waals surface area contributed by atoms with E-state index in [2.05, 4.69) is 0 Å². The maximum atomic E-state index is 12.8. The summed E-state index contributed by atoms with van der Waals surface area (Å²) < 4.78 is 61.4. The van der Waals surface area contributed by atoms with Gasteiger partial charge < -0.3 is 0 Å². The standard InChI is InChI=1S/C10H13F5O/c1-6-3-2-4-7(5-6)8(16)9(11,12)10(13,14)15/h6-7H,2-5H2,1H3. The number of alkyl halides is 5. The summed E-state index contributed by atoms with van der Waals surface area (Å²) in [6, 6.07) is 0. The Balaban J connectivity index is 2.77. The van der Waals surface area contributed by atoms with E-state index in [1.54, 1.807) is 6.92 Å². The zero-order valence-corrected chi connectivity index (χ0v) is 8.78. The molecule has 6 heteroatoms. The molecule has 0 spiro atoms. The molecule has 2 unspecified atom stereocenters. The Morgan fingerprint density at radius 1 is 1.12 bits per heavy atom. The number of hydrogen-bond acceptors (Lipinski definition) is 1. The average molecular weight is 244 g/mol. The molecule has 0 N–H and O–H groups in total. The van der Waals surface area contributed by atoms with E-state index in [0.717, 1.165) is 6.42 Å². The van der Waals surface area contributed by atoms with Gasteiger partial charge in [-0.2, -0.15) is 22.0 Å². The molecule has 1 nitrogen and oxygen atoms in total. The molecule has 16 heavy (non-hydrogen) atoms. The van der Waals surface area contributed by atoms with E-state index in [-0.39, 0.29) is 18.8 Å². The number of carbonyl (C=O) groups is 1. The smallest absolute Gasteiger partial charge is 0.292 e. The fourth-order valence-corrected chi connectivity index (χ4v) is 2.07. The maximum Gasteiger partial charge on any atom is 0.461 e. The Labute approximate surface area is 90.0 Å². The third-order valence-electron chi connectivity index (χ3n) is 2.97. The van der Waals surface area contributed by atoms with Gasteiger partial charge >= 0.3 is 12.1 Å². The predicted octanol–water partition coefficient (Wildman–Crippen LogP) is 3.58. The molecule has 0 aromatic rings. The number of halogens is 5. The molecule has 0 aromatic heterocycles. The van der Waals surface area contributed by atoms with Crippen LogP contribution in [-0.2, 0) is 4.79 Å². The molecule has 0 aliphatic heterocycles. The average Bonchev–Trinajstić information content (AvgIpc) is 2.14. The first-order chi connectivity index (χ1) is 7.16.